The zero-order chi connectivity index (χ0) is 10.8. The molecular weight excluding hydrogens is 189 g/mol. The third kappa shape index (κ3) is 1.99. The Kier molecular flexibility index (Phi) is 2.42. The molecule has 0 aromatic heterocycles. The molecule has 0 aliphatic carbocycles. The molecule has 15 heavy (non-hydrogen) atoms. The standard InChI is InChI=1S/C13H12FN/c1-9-5-6-13(14)12(7-9)10-3-2-4-11(15)8-10/h2-8H,15H2,1H3. The predicted molar refractivity (Wildman–Crippen MR) is 61.0 cm³/mol. The number of anilines is 1. The number of nitrogen functional groups attached to an aromatic ring is 1. The van der Waals surface area contributed by atoms with Crippen LogP contribution in [0.4, 0.5) is 10.1 Å². The zero-order valence-corrected chi connectivity index (χ0v) is 8.50. The molecular formula is C13H12FN. The Hall–Kier alpha value is -1.83. The van der Waals surface area contributed by atoms with E-state index < -0.39 is 0 Å². The summed E-state index contributed by atoms with van der Waals surface area (Å²) in [6.45, 7) is 1.94. The highest BCUT2D eigenvalue weighted by Crippen LogP contribution is 2.25. The maximum atomic E-state index is 13.5. The van der Waals surface area contributed by atoms with Crippen LogP contribution in [-0.4, -0.2) is 0 Å². The van der Waals surface area contributed by atoms with Crippen molar-refractivity contribution in [3.05, 3.63) is 53.8 Å². The van der Waals surface area contributed by atoms with Gasteiger partial charge in [0, 0.05) is 11.3 Å². The number of halogens is 1. The molecule has 76 valence electrons. The van der Waals surface area contributed by atoms with Crippen molar-refractivity contribution in [2.24, 2.45) is 0 Å². The number of hydrogen-bond acceptors (Lipinski definition) is 1. The molecule has 0 amide bonds. The Balaban J connectivity index is 2.58. The quantitative estimate of drug-likeness (QED) is 0.703. The van der Waals surface area contributed by atoms with Gasteiger partial charge in [0.15, 0.2) is 0 Å². The van der Waals surface area contributed by atoms with Crippen molar-refractivity contribution in [3.63, 3.8) is 0 Å². The first-order valence-corrected chi connectivity index (χ1v) is 4.79. The molecule has 0 aliphatic rings. The smallest absolute Gasteiger partial charge is 0.131 e. The third-order valence-electron chi connectivity index (χ3n) is 2.32. The lowest BCUT2D eigenvalue weighted by atomic mass is 10.0. The van der Waals surface area contributed by atoms with E-state index in [9.17, 15) is 4.39 Å². The van der Waals surface area contributed by atoms with E-state index in [4.69, 9.17) is 5.73 Å². The van der Waals surface area contributed by atoms with Crippen LogP contribution in [-0.2, 0) is 0 Å². The van der Waals surface area contributed by atoms with E-state index in [1.165, 1.54) is 6.07 Å². The molecule has 0 spiro atoms. The van der Waals surface area contributed by atoms with E-state index in [1.54, 1.807) is 18.2 Å². The first kappa shape index (κ1) is 9.71. The van der Waals surface area contributed by atoms with E-state index in [0.717, 1.165) is 11.1 Å². The van der Waals surface area contributed by atoms with Crippen LogP contribution in [0.5, 0.6) is 0 Å². The van der Waals surface area contributed by atoms with Gasteiger partial charge in [0.1, 0.15) is 5.82 Å². The van der Waals surface area contributed by atoms with Crippen LogP contribution in [0.1, 0.15) is 5.56 Å². The summed E-state index contributed by atoms with van der Waals surface area (Å²) in [4.78, 5) is 0. The molecule has 2 N–H and O–H groups in total. The summed E-state index contributed by atoms with van der Waals surface area (Å²) in [5, 5.41) is 0. The summed E-state index contributed by atoms with van der Waals surface area (Å²) in [6, 6.07) is 12.3. The predicted octanol–water partition coefficient (Wildman–Crippen LogP) is 3.38. The Morgan fingerprint density at radius 1 is 1.07 bits per heavy atom. The van der Waals surface area contributed by atoms with E-state index in [-0.39, 0.29) is 5.82 Å². The number of benzene rings is 2. The van der Waals surface area contributed by atoms with Crippen molar-refractivity contribution in [1.82, 2.24) is 0 Å². The van der Waals surface area contributed by atoms with Crippen molar-refractivity contribution in [1.29, 1.82) is 0 Å². The number of nitrogens with two attached hydrogens (primary N) is 1. The molecule has 0 saturated carbocycles. The molecule has 0 radical (unpaired) electrons. The van der Waals surface area contributed by atoms with Crippen LogP contribution in [0, 0.1) is 12.7 Å². The summed E-state index contributed by atoms with van der Waals surface area (Å²) >= 11 is 0. The molecule has 1 nitrogen and oxygen atoms in total. The Morgan fingerprint density at radius 2 is 1.87 bits per heavy atom. The van der Waals surface area contributed by atoms with Crippen molar-refractivity contribution in [3.8, 4) is 11.1 Å². The second-order valence-corrected chi connectivity index (χ2v) is 3.61. The van der Waals surface area contributed by atoms with Gasteiger partial charge in [-0.05, 0) is 36.8 Å². The molecule has 0 saturated heterocycles. The summed E-state index contributed by atoms with van der Waals surface area (Å²) in [7, 11) is 0. The normalized spacial score (nSPS) is 10.3. The van der Waals surface area contributed by atoms with Crippen LogP contribution in [0.15, 0.2) is 42.5 Å². The third-order valence-corrected chi connectivity index (χ3v) is 2.32. The maximum Gasteiger partial charge on any atom is 0.131 e. The largest absolute Gasteiger partial charge is 0.399 e. The van der Waals surface area contributed by atoms with E-state index in [1.807, 2.05) is 25.1 Å². The van der Waals surface area contributed by atoms with Gasteiger partial charge in [-0.1, -0.05) is 23.8 Å². The number of hydrogen-bond donors (Lipinski definition) is 1. The molecule has 2 rings (SSSR count). The van der Waals surface area contributed by atoms with Crippen LogP contribution in [0.25, 0.3) is 11.1 Å². The van der Waals surface area contributed by atoms with E-state index in [0.29, 0.717) is 11.3 Å². The van der Waals surface area contributed by atoms with Gasteiger partial charge in [0.2, 0.25) is 0 Å². The highest BCUT2D eigenvalue weighted by atomic mass is 19.1. The van der Waals surface area contributed by atoms with Crippen LogP contribution in [0.3, 0.4) is 0 Å². The van der Waals surface area contributed by atoms with Crippen molar-refractivity contribution >= 4 is 5.69 Å². The molecule has 0 atom stereocenters. The Bertz CT molecular complexity index is 492. The number of rotatable bonds is 1. The average molecular weight is 201 g/mol. The molecule has 0 aliphatic heterocycles. The van der Waals surface area contributed by atoms with Crippen molar-refractivity contribution in [2.75, 3.05) is 5.73 Å². The van der Waals surface area contributed by atoms with Crippen LogP contribution >= 0.6 is 0 Å². The van der Waals surface area contributed by atoms with Crippen molar-refractivity contribution in [2.45, 2.75) is 6.92 Å². The summed E-state index contributed by atoms with van der Waals surface area (Å²) < 4.78 is 13.5. The van der Waals surface area contributed by atoms with Crippen LogP contribution < -0.4 is 5.73 Å². The molecule has 2 heteroatoms. The second-order valence-electron chi connectivity index (χ2n) is 3.61. The summed E-state index contributed by atoms with van der Waals surface area (Å²) in [5.74, 6) is -0.216. The highest BCUT2D eigenvalue weighted by Gasteiger charge is 2.04. The maximum absolute atomic E-state index is 13.5. The monoisotopic (exact) mass is 201 g/mol. The fourth-order valence-electron chi connectivity index (χ4n) is 1.57. The van der Waals surface area contributed by atoms with Crippen LogP contribution in [0.2, 0.25) is 0 Å². The fourth-order valence-corrected chi connectivity index (χ4v) is 1.57. The minimum absolute atomic E-state index is 0.216. The summed E-state index contributed by atoms with van der Waals surface area (Å²) in [5.41, 5.74) is 8.76. The first-order valence-electron chi connectivity index (χ1n) is 4.79. The molecule has 0 heterocycles. The average Bonchev–Trinajstić information content (AvgIpc) is 2.22. The van der Waals surface area contributed by atoms with Gasteiger partial charge in [-0.2, -0.15) is 0 Å². The Labute approximate surface area is 88.4 Å². The second kappa shape index (κ2) is 3.73. The molecule has 0 unspecified atom stereocenters. The lowest BCUT2D eigenvalue weighted by molar-refractivity contribution is 0.631. The minimum atomic E-state index is -0.216. The Morgan fingerprint density at radius 3 is 2.60 bits per heavy atom. The molecule has 0 bridgehead atoms. The zero-order valence-electron chi connectivity index (χ0n) is 8.50. The van der Waals surface area contributed by atoms with Gasteiger partial charge in [0.25, 0.3) is 0 Å². The van der Waals surface area contributed by atoms with Gasteiger partial charge >= 0.3 is 0 Å². The molecule has 2 aromatic rings. The fraction of sp³-hybridized carbons (Fsp3) is 0.0769. The van der Waals surface area contributed by atoms with E-state index in [2.05, 4.69) is 0 Å². The van der Waals surface area contributed by atoms with Gasteiger partial charge in [0.05, 0.1) is 0 Å². The first-order chi connectivity index (χ1) is 7.16. The van der Waals surface area contributed by atoms with Crippen molar-refractivity contribution < 1.29 is 4.39 Å². The van der Waals surface area contributed by atoms with E-state index >= 15 is 0 Å². The van der Waals surface area contributed by atoms with Gasteiger partial charge in [-0.15, -0.1) is 0 Å². The molecule has 0 fully saturated rings. The topological polar surface area (TPSA) is 26.0 Å². The SMILES string of the molecule is Cc1ccc(F)c(-c2cccc(N)c2)c1. The van der Waals surface area contributed by atoms with Gasteiger partial charge in [-0.25, -0.2) is 4.39 Å². The summed E-state index contributed by atoms with van der Waals surface area (Å²) in [6.07, 6.45) is 0. The lowest BCUT2D eigenvalue weighted by Gasteiger charge is -2.05. The van der Waals surface area contributed by atoms with Gasteiger partial charge < -0.3 is 5.73 Å². The highest BCUT2D eigenvalue weighted by molar-refractivity contribution is 5.68. The molecule has 2 aromatic carbocycles. The van der Waals surface area contributed by atoms with Gasteiger partial charge in [-0.3, -0.25) is 0 Å². The lowest BCUT2D eigenvalue weighted by Crippen LogP contribution is -1.88. The number of aryl methyl sites for hydroxylation is 1. The minimum Gasteiger partial charge on any atom is -0.399 e.